The molecule has 1 fully saturated rings. The summed E-state index contributed by atoms with van der Waals surface area (Å²) in [4.78, 5) is 11.8. The fraction of sp³-hybridized carbons (Fsp3) is 0.462. The average Bonchev–Trinajstić information content (AvgIpc) is 2.91. The highest BCUT2D eigenvalue weighted by molar-refractivity contribution is 5.87. The summed E-state index contributed by atoms with van der Waals surface area (Å²) in [5, 5.41) is 0. The van der Waals surface area contributed by atoms with Crippen LogP contribution in [0.4, 0.5) is 0 Å². The van der Waals surface area contributed by atoms with E-state index in [0.29, 0.717) is 5.92 Å². The van der Waals surface area contributed by atoms with Crippen molar-refractivity contribution in [3.05, 3.63) is 35.4 Å². The Kier molecular flexibility index (Phi) is 2.29. The minimum absolute atomic E-state index is 0.0983. The van der Waals surface area contributed by atoms with Gasteiger partial charge in [0.25, 0.3) is 0 Å². The van der Waals surface area contributed by atoms with Crippen LogP contribution < -0.4 is 0 Å². The number of methoxy groups -OCH3 is 1. The Balaban J connectivity index is 2.36. The number of esters is 1. The fourth-order valence-corrected chi connectivity index (χ4v) is 2.26. The largest absolute Gasteiger partial charge is 0.468 e. The van der Waals surface area contributed by atoms with E-state index in [4.69, 9.17) is 4.74 Å². The fourth-order valence-electron chi connectivity index (χ4n) is 2.26. The molecule has 2 nitrogen and oxygen atoms in total. The van der Waals surface area contributed by atoms with Crippen LogP contribution >= 0.6 is 0 Å². The van der Waals surface area contributed by atoms with Gasteiger partial charge < -0.3 is 4.74 Å². The highest BCUT2D eigenvalue weighted by Gasteiger charge is 2.59. The van der Waals surface area contributed by atoms with Crippen molar-refractivity contribution in [2.24, 2.45) is 5.92 Å². The van der Waals surface area contributed by atoms with Gasteiger partial charge in [-0.3, -0.25) is 4.79 Å². The SMILES string of the molecule is COC(=O)C1(c2ccc(C)cc2)CC1C. The molecule has 0 aliphatic heterocycles. The number of aryl methyl sites for hydroxylation is 1. The molecule has 0 radical (unpaired) electrons. The van der Waals surface area contributed by atoms with E-state index < -0.39 is 0 Å². The molecule has 0 heterocycles. The first-order valence-corrected chi connectivity index (χ1v) is 5.27. The second kappa shape index (κ2) is 3.37. The van der Waals surface area contributed by atoms with Gasteiger partial charge in [-0.15, -0.1) is 0 Å². The van der Waals surface area contributed by atoms with E-state index in [-0.39, 0.29) is 11.4 Å². The highest BCUT2D eigenvalue weighted by Crippen LogP contribution is 2.54. The molecule has 2 heteroatoms. The molecule has 1 aromatic carbocycles. The zero-order chi connectivity index (χ0) is 11.1. The molecule has 0 spiro atoms. The molecule has 2 unspecified atom stereocenters. The zero-order valence-corrected chi connectivity index (χ0v) is 9.41. The van der Waals surface area contributed by atoms with Gasteiger partial charge in [-0.05, 0) is 24.8 Å². The van der Waals surface area contributed by atoms with Gasteiger partial charge in [0.2, 0.25) is 0 Å². The number of hydrogen-bond acceptors (Lipinski definition) is 2. The monoisotopic (exact) mass is 204 g/mol. The molecule has 1 saturated carbocycles. The van der Waals surface area contributed by atoms with E-state index in [1.165, 1.54) is 12.7 Å². The lowest BCUT2D eigenvalue weighted by molar-refractivity contribution is -0.144. The summed E-state index contributed by atoms with van der Waals surface area (Å²) in [5.41, 5.74) is 1.95. The predicted octanol–water partition coefficient (Wildman–Crippen LogP) is 2.45. The summed E-state index contributed by atoms with van der Waals surface area (Å²) in [7, 11) is 1.46. The van der Waals surface area contributed by atoms with E-state index >= 15 is 0 Å². The molecule has 0 saturated heterocycles. The predicted molar refractivity (Wildman–Crippen MR) is 58.7 cm³/mol. The van der Waals surface area contributed by atoms with Gasteiger partial charge in [0, 0.05) is 0 Å². The van der Waals surface area contributed by atoms with Crippen LogP contribution in [0.3, 0.4) is 0 Å². The van der Waals surface area contributed by atoms with Crippen LogP contribution in [-0.4, -0.2) is 13.1 Å². The average molecular weight is 204 g/mol. The van der Waals surface area contributed by atoms with Crippen molar-refractivity contribution in [1.29, 1.82) is 0 Å². The Bertz CT molecular complexity index is 380. The second-order valence-electron chi connectivity index (χ2n) is 4.43. The molecule has 0 N–H and O–H groups in total. The lowest BCUT2D eigenvalue weighted by atomic mass is 9.93. The maximum Gasteiger partial charge on any atom is 0.316 e. The van der Waals surface area contributed by atoms with Crippen LogP contribution in [0.1, 0.15) is 24.5 Å². The number of carbonyl (C=O) groups is 1. The molecule has 0 amide bonds. The first kappa shape index (κ1) is 10.2. The van der Waals surface area contributed by atoms with Crippen LogP contribution in [0, 0.1) is 12.8 Å². The topological polar surface area (TPSA) is 26.3 Å². The molecule has 0 aromatic heterocycles. The highest BCUT2D eigenvalue weighted by atomic mass is 16.5. The van der Waals surface area contributed by atoms with Crippen molar-refractivity contribution in [2.75, 3.05) is 7.11 Å². The van der Waals surface area contributed by atoms with Crippen molar-refractivity contribution in [3.63, 3.8) is 0 Å². The number of rotatable bonds is 2. The molecule has 1 aliphatic rings. The van der Waals surface area contributed by atoms with Crippen LogP contribution in [-0.2, 0) is 14.9 Å². The van der Waals surface area contributed by atoms with Crippen molar-refractivity contribution in [2.45, 2.75) is 25.7 Å². The first-order chi connectivity index (χ1) is 7.11. The van der Waals surface area contributed by atoms with Gasteiger partial charge in [0.05, 0.1) is 12.5 Å². The number of carbonyl (C=O) groups excluding carboxylic acids is 1. The van der Waals surface area contributed by atoms with Crippen molar-refractivity contribution >= 4 is 5.97 Å². The standard InChI is InChI=1S/C13H16O2/c1-9-4-6-11(7-5-9)13(8-10(13)2)12(14)15-3/h4-7,10H,8H2,1-3H3. The van der Waals surface area contributed by atoms with Gasteiger partial charge in [0.15, 0.2) is 0 Å². The van der Waals surface area contributed by atoms with Gasteiger partial charge in [0.1, 0.15) is 0 Å². The Morgan fingerprint density at radius 3 is 2.33 bits per heavy atom. The third kappa shape index (κ3) is 1.44. The Hall–Kier alpha value is -1.31. The minimum Gasteiger partial charge on any atom is -0.468 e. The van der Waals surface area contributed by atoms with E-state index in [0.717, 1.165) is 12.0 Å². The molecule has 2 rings (SSSR count). The normalized spacial score (nSPS) is 28.6. The summed E-state index contributed by atoms with van der Waals surface area (Å²) in [6.45, 7) is 4.14. The van der Waals surface area contributed by atoms with Gasteiger partial charge in [-0.25, -0.2) is 0 Å². The van der Waals surface area contributed by atoms with Crippen LogP contribution in [0.15, 0.2) is 24.3 Å². The number of hydrogen-bond donors (Lipinski definition) is 0. The van der Waals surface area contributed by atoms with E-state index in [9.17, 15) is 4.79 Å². The van der Waals surface area contributed by atoms with E-state index in [2.05, 4.69) is 6.92 Å². The lowest BCUT2D eigenvalue weighted by Gasteiger charge is -2.14. The molecule has 1 aliphatic carbocycles. The summed E-state index contributed by atoms with van der Waals surface area (Å²) < 4.78 is 4.89. The van der Waals surface area contributed by atoms with Crippen LogP contribution in [0.5, 0.6) is 0 Å². The quantitative estimate of drug-likeness (QED) is 0.692. The molecule has 0 bridgehead atoms. The van der Waals surface area contributed by atoms with Gasteiger partial charge in [-0.1, -0.05) is 36.8 Å². The third-order valence-corrected chi connectivity index (χ3v) is 3.43. The zero-order valence-electron chi connectivity index (χ0n) is 9.41. The van der Waals surface area contributed by atoms with Crippen molar-refractivity contribution in [3.8, 4) is 0 Å². The van der Waals surface area contributed by atoms with Crippen LogP contribution in [0.25, 0.3) is 0 Å². The number of benzene rings is 1. The molecule has 1 aromatic rings. The summed E-state index contributed by atoms with van der Waals surface area (Å²) >= 11 is 0. The Labute approximate surface area is 90.3 Å². The maximum atomic E-state index is 11.8. The first-order valence-electron chi connectivity index (χ1n) is 5.27. The summed E-state index contributed by atoms with van der Waals surface area (Å²) in [5.74, 6) is 0.298. The summed E-state index contributed by atoms with van der Waals surface area (Å²) in [6, 6.07) is 8.17. The van der Waals surface area contributed by atoms with E-state index in [1.54, 1.807) is 0 Å². The molecule has 80 valence electrons. The Morgan fingerprint density at radius 1 is 1.40 bits per heavy atom. The van der Waals surface area contributed by atoms with E-state index in [1.807, 2.05) is 31.2 Å². The van der Waals surface area contributed by atoms with Gasteiger partial charge >= 0.3 is 5.97 Å². The van der Waals surface area contributed by atoms with Crippen molar-refractivity contribution < 1.29 is 9.53 Å². The lowest BCUT2D eigenvalue weighted by Crippen LogP contribution is -2.23. The molecule has 2 atom stereocenters. The molecule has 15 heavy (non-hydrogen) atoms. The smallest absolute Gasteiger partial charge is 0.316 e. The summed E-state index contributed by atoms with van der Waals surface area (Å²) in [6.07, 6.45) is 0.905. The Morgan fingerprint density at radius 2 is 1.93 bits per heavy atom. The van der Waals surface area contributed by atoms with Gasteiger partial charge in [-0.2, -0.15) is 0 Å². The maximum absolute atomic E-state index is 11.8. The molecular formula is C13H16O2. The minimum atomic E-state index is -0.359. The van der Waals surface area contributed by atoms with Crippen LogP contribution in [0.2, 0.25) is 0 Å². The van der Waals surface area contributed by atoms with Crippen molar-refractivity contribution in [1.82, 2.24) is 0 Å². The third-order valence-electron chi connectivity index (χ3n) is 3.43. The number of ether oxygens (including phenoxy) is 1. The molecular weight excluding hydrogens is 188 g/mol. The second-order valence-corrected chi connectivity index (χ2v) is 4.43.